The molecule has 0 aliphatic rings. The van der Waals surface area contributed by atoms with E-state index in [4.69, 9.17) is 0 Å². The minimum Gasteiger partial charge on any atom is -0.371 e. The molecule has 8 nitrogen and oxygen atoms in total. The van der Waals surface area contributed by atoms with Crippen LogP contribution < -0.4 is 15.5 Å². The largest absolute Gasteiger partial charge is 0.371 e. The van der Waals surface area contributed by atoms with E-state index in [2.05, 4.69) is 15.5 Å². The molecule has 0 aliphatic carbocycles. The van der Waals surface area contributed by atoms with Gasteiger partial charge in [0.2, 0.25) is 12.3 Å². The predicted octanol–water partition coefficient (Wildman–Crippen LogP) is 1.06. The van der Waals surface area contributed by atoms with Crippen molar-refractivity contribution in [1.82, 2.24) is 15.5 Å². The van der Waals surface area contributed by atoms with E-state index in [9.17, 15) is 19.2 Å². The summed E-state index contributed by atoms with van der Waals surface area (Å²) in [4.78, 5) is 49.8. The third-order valence-corrected chi connectivity index (χ3v) is 4.76. The van der Waals surface area contributed by atoms with Crippen molar-refractivity contribution in [3.05, 3.63) is 29.3 Å². The number of nitrogens with zero attached hydrogens (tertiary/aromatic N) is 2. The van der Waals surface area contributed by atoms with E-state index in [0.29, 0.717) is 30.2 Å². The van der Waals surface area contributed by atoms with Crippen LogP contribution in [0.4, 0.5) is 5.69 Å². The van der Waals surface area contributed by atoms with Crippen LogP contribution >= 0.6 is 0 Å². The number of carbonyl (C=O) groups excluding carboxylic acids is 4. The van der Waals surface area contributed by atoms with Gasteiger partial charge in [0, 0.05) is 50.4 Å². The van der Waals surface area contributed by atoms with Crippen LogP contribution in [0.5, 0.6) is 0 Å². The van der Waals surface area contributed by atoms with E-state index < -0.39 is 0 Å². The topological polar surface area (TPSA) is 98.8 Å². The van der Waals surface area contributed by atoms with Crippen molar-refractivity contribution in [2.75, 3.05) is 38.6 Å². The molecule has 0 radical (unpaired) electrons. The molecule has 1 rings (SSSR count). The third kappa shape index (κ3) is 6.45. The van der Waals surface area contributed by atoms with Gasteiger partial charge in [-0.15, -0.1) is 0 Å². The molecule has 3 amide bonds. The first-order valence-corrected chi connectivity index (χ1v) is 9.38. The first kappa shape index (κ1) is 23.3. The van der Waals surface area contributed by atoms with Gasteiger partial charge in [-0.1, -0.05) is 0 Å². The van der Waals surface area contributed by atoms with Crippen molar-refractivity contribution in [3.63, 3.8) is 0 Å². The SMILES string of the molecule is CCN(CCNC)c1ccc(C(=O)N(C)C(C)CCC(=O)NC=O)c(C=O)c1. The number of nitrogens with one attached hydrogen (secondary N) is 2. The first-order valence-electron chi connectivity index (χ1n) is 9.38. The Morgan fingerprint density at radius 1 is 1.25 bits per heavy atom. The van der Waals surface area contributed by atoms with E-state index in [-0.39, 0.29) is 24.3 Å². The molecule has 154 valence electrons. The van der Waals surface area contributed by atoms with Gasteiger partial charge in [-0.25, -0.2) is 0 Å². The summed E-state index contributed by atoms with van der Waals surface area (Å²) in [6.45, 7) is 6.23. The molecule has 1 unspecified atom stereocenters. The molecule has 0 saturated carbocycles. The fourth-order valence-corrected chi connectivity index (χ4v) is 2.82. The van der Waals surface area contributed by atoms with Crippen LogP contribution in [0.3, 0.4) is 0 Å². The average Bonchev–Trinajstić information content (AvgIpc) is 2.71. The van der Waals surface area contributed by atoms with Crippen molar-refractivity contribution in [1.29, 1.82) is 0 Å². The zero-order valence-electron chi connectivity index (χ0n) is 17.0. The van der Waals surface area contributed by atoms with Crippen molar-refractivity contribution in [2.24, 2.45) is 0 Å². The number of benzene rings is 1. The molecule has 0 spiro atoms. The highest BCUT2D eigenvalue weighted by molar-refractivity contribution is 6.02. The van der Waals surface area contributed by atoms with E-state index in [0.717, 1.165) is 25.3 Å². The number of likely N-dealkylation sites (N-methyl/N-ethyl adjacent to an activating group) is 2. The van der Waals surface area contributed by atoms with Gasteiger partial charge in [-0.3, -0.25) is 24.5 Å². The van der Waals surface area contributed by atoms with Crippen LogP contribution in [0.15, 0.2) is 18.2 Å². The summed E-state index contributed by atoms with van der Waals surface area (Å²) in [5.74, 6) is -0.669. The molecular weight excluding hydrogens is 360 g/mol. The number of aldehydes is 1. The maximum Gasteiger partial charge on any atom is 0.254 e. The molecule has 0 fully saturated rings. The van der Waals surface area contributed by atoms with Crippen LogP contribution in [-0.2, 0) is 9.59 Å². The van der Waals surface area contributed by atoms with Gasteiger partial charge in [-0.05, 0) is 45.5 Å². The molecule has 1 aromatic carbocycles. The monoisotopic (exact) mass is 390 g/mol. The Balaban J connectivity index is 2.92. The van der Waals surface area contributed by atoms with E-state index in [1.54, 1.807) is 19.2 Å². The number of anilines is 1. The van der Waals surface area contributed by atoms with Crippen molar-refractivity contribution in [3.8, 4) is 0 Å². The highest BCUT2D eigenvalue weighted by Gasteiger charge is 2.21. The van der Waals surface area contributed by atoms with Crippen LogP contribution in [0.2, 0.25) is 0 Å². The zero-order valence-corrected chi connectivity index (χ0v) is 17.0. The summed E-state index contributed by atoms with van der Waals surface area (Å²) in [6, 6.07) is 5.02. The molecular formula is C20H30N4O4. The highest BCUT2D eigenvalue weighted by Crippen LogP contribution is 2.21. The molecule has 1 aromatic rings. The molecule has 0 saturated heterocycles. The zero-order chi connectivity index (χ0) is 21.1. The maximum absolute atomic E-state index is 12.8. The minimum absolute atomic E-state index is 0.133. The second-order valence-electron chi connectivity index (χ2n) is 6.56. The number of carbonyl (C=O) groups is 4. The summed E-state index contributed by atoms with van der Waals surface area (Å²) in [6.07, 6.45) is 1.58. The molecule has 0 bridgehead atoms. The van der Waals surface area contributed by atoms with Crippen LogP contribution in [-0.4, -0.2) is 69.2 Å². The smallest absolute Gasteiger partial charge is 0.254 e. The summed E-state index contributed by atoms with van der Waals surface area (Å²) in [5.41, 5.74) is 1.55. The van der Waals surface area contributed by atoms with Gasteiger partial charge in [-0.2, -0.15) is 0 Å². The Hall–Kier alpha value is -2.74. The molecule has 1 atom stereocenters. The van der Waals surface area contributed by atoms with Gasteiger partial charge >= 0.3 is 0 Å². The quantitative estimate of drug-likeness (QED) is 0.518. The van der Waals surface area contributed by atoms with Gasteiger partial charge < -0.3 is 15.1 Å². The summed E-state index contributed by atoms with van der Waals surface area (Å²) >= 11 is 0. The third-order valence-electron chi connectivity index (χ3n) is 4.76. The molecule has 0 aromatic heterocycles. The van der Waals surface area contributed by atoms with Gasteiger partial charge in [0.1, 0.15) is 0 Å². The summed E-state index contributed by atoms with van der Waals surface area (Å²) < 4.78 is 0. The second-order valence-corrected chi connectivity index (χ2v) is 6.56. The van der Waals surface area contributed by atoms with Crippen LogP contribution in [0.1, 0.15) is 47.4 Å². The van der Waals surface area contributed by atoms with Gasteiger partial charge in [0.05, 0.1) is 5.56 Å². The lowest BCUT2D eigenvalue weighted by Crippen LogP contribution is -2.36. The summed E-state index contributed by atoms with van der Waals surface area (Å²) in [7, 11) is 3.52. The average molecular weight is 390 g/mol. The fourth-order valence-electron chi connectivity index (χ4n) is 2.82. The molecule has 0 heterocycles. The van der Waals surface area contributed by atoms with Crippen molar-refractivity contribution >= 4 is 30.2 Å². The number of imide groups is 1. The van der Waals surface area contributed by atoms with Crippen LogP contribution in [0.25, 0.3) is 0 Å². The van der Waals surface area contributed by atoms with Crippen molar-refractivity contribution in [2.45, 2.75) is 32.7 Å². The Morgan fingerprint density at radius 2 is 1.96 bits per heavy atom. The van der Waals surface area contributed by atoms with Crippen molar-refractivity contribution < 1.29 is 19.2 Å². The minimum atomic E-state index is -0.387. The normalized spacial score (nSPS) is 11.4. The van der Waals surface area contributed by atoms with Gasteiger partial charge in [0.25, 0.3) is 5.91 Å². The van der Waals surface area contributed by atoms with E-state index >= 15 is 0 Å². The lowest BCUT2D eigenvalue weighted by molar-refractivity contribution is -0.125. The fraction of sp³-hybridized carbons (Fsp3) is 0.500. The predicted molar refractivity (Wildman–Crippen MR) is 109 cm³/mol. The summed E-state index contributed by atoms with van der Waals surface area (Å²) in [5, 5.41) is 5.17. The Bertz CT molecular complexity index is 693. The Morgan fingerprint density at radius 3 is 2.54 bits per heavy atom. The lowest BCUT2D eigenvalue weighted by atomic mass is 10.0. The Labute approximate surface area is 166 Å². The van der Waals surface area contributed by atoms with E-state index in [1.807, 2.05) is 27.0 Å². The molecule has 28 heavy (non-hydrogen) atoms. The molecule has 2 N–H and O–H groups in total. The first-order chi connectivity index (χ1) is 13.4. The number of hydrogen-bond donors (Lipinski definition) is 2. The number of rotatable bonds is 12. The lowest BCUT2D eigenvalue weighted by Gasteiger charge is -2.27. The molecule has 8 heteroatoms. The standard InChI is InChI=1S/C20H30N4O4/c1-5-24(11-10-21-3)17-7-8-18(16(12-17)13-25)20(28)23(4)15(2)6-9-19(27)22-14-26/h7-8,12-15,21H,5-6,9-11H2,1-4H3,(H,22,26,27). The number of hydrogen-bond acceptors (Lipinski definition) is 6. The second kappa shape index (κ2) is 11.9. The van der Waals surface area contributed by atoms with E-state index in [1.165, 1.54) is 4.90 Å². The van der Waals surface area contributed by atoms with Gasteiger partial charge in [0.15, 0.2) is 6.29 Å². The highest BCUT2D eigenvalue weighted by atomic mass is 16.2. The van der Waals surface area contributed by atoms with Crippen LogP contribution in [0, 0.1) is 0 Å². The number of amides is 3. The molecule has 0 aliphatic heterocycles. The maximum atomic E-state index is 12.8. The Kier molecular flexibility index (Phi) is 9.87.